The number of carbonyl (C=O) groups excluding carboxylic acids is 1. The van der Waals surface area contributed by atoms with Gasteiger partial charge in [0.1, 0.15) is 5.75 Å². The van der Waals surface area contributed by atoms with Gasteiger partial charge in [0.25, 0.3) is 5.91 Å². The fourth-order valence-electron chi connectivity index (χ4n) is 3.35. The molecule has 0 unspecified atom stereocenters. The fourth-order valence-corrected chi connectivity index (χ4v) is 3.48. The summed E-state index contributed by atoms with van der Waals surface area (Å²) in [6.45, 7) is 2.02. The van der Waals surface area contributed by atoms with Crippen LogP contribution in [0.4, 0.5) is 5.69 Å². The van der Waals surface area contributed by atoms with E-state index in [1.807, 2.05) is 91.9 Å². The molecule has 0 spiro atoms. The number of ether oxygens (including phenoxy) is 1. The van der Waals surface area contributed by atoms with Crippen LogP contribution >= 0.6 is 11.6 Å². The summed E-state index contributed by atoms with van der Waals surface area (Å²) in [6, 6.07) is 23.1. The van der Waals surface area contributed by atoms with E-state index in [2.05, 4.69) is 0 Å². The Labute approximate surface area is 175 Å². The van der Waals surface area contributed by atoms with Crippen molar-refractivity contribution in [2.45, 2.75) is 6.92 Å². The van der Waals surface area contributed by atoms with Crippen molar-refractivity contribution in [1.82, 2.24) is 0 Å². The van der Waals surface area contributed by atoms with Gasteiger partial charge in [0.2, 0.25) is 0 Å². The quantitative estimate of drug-likeness (QED) is 0.492. The van der Waals surface area contributed by atoms with Crippen molar-refractivity contribution in [2.75, 3.05) is 12.0 Å². The van der Waals surface area contributed by atoms with Crippen LogP contribution in [0.25, 0.3) is 11.8 Å². The standard InChI is InChI=1S/C25H20ClNO2/c1-17-4-3-5-22(14-17)27-24(19-8-10-21(26)11-9-19)16-20(25(27)28)15-18-6-12-23(29-2)13-7-18/h3-16H,1-2H3/b20-15-. The summed E-state index contributed by atoms with van der Waals surface area (Å²) in [4.78, 5) is 15.1. The lowest BCUT2D eigenvalue weighted by molar-refractivity contribution is -0.113. The lowest BCUT2D eigenvalue weighted by Gasteiger charge is -2.21. The normalized spacial score (nSPS) is 15.0. The average Bonchev–Trinajstić information content (AvgIpc) is 3.05. The number of methoxy groups -OCH3 is 1. The molecule has 3 nitrogen and oxygen atoms in total. The molecule has 0 saturated carbocycles. The van der Waals surface area contributed by atoms with Crippen LogP contribution in [0.15, 0.2) is 84.4 Å². The molecule has 0 aliphatic carbocycles. The number of aryl methyl sites for hydroxylation is 1. The van der Waals surface area contributed by atoms with Crippen molar-refractivity contribution in [1.29, 1.82) is 0 Å². The van der Waals surface area contributed by atoms with Crippen LogP contribution in [0.1, 0.15) is 16.7 Å². The van der Waals surface area contributed by atoms with E-state index in [1.165, 1.54) is 0 Å². The van der Waals surface area contributed by atoms with Gasteiger partial charge in [-0.25, -0.2) is 0 Å². The third kappa shape index (κ3) is 3.96. The van der Waals surface area contributed by atoms with E-state index in [4.69, 9.17) is 16.3 Å². The van der Waals surface area contributed by atoms with E-state index in [0.717, 1.165) is 33.8 Å². The van der Waals surface area contributed by atoms with Crippen LogP contribution in [-0.2, 0) is 4.79 Å². The maximum Gasteiger partial charge on any atom is 0.262 e. The Morgan fingerprint density at radius 2 is 1.69 bits per heavy atom. The molecule has 1 heterocycles. The number of amides is 1. The number of hydrogen-bond donors (Lipinski definition) is 0. The maximum atomic E-state index is 13.4. The Hall–Kier alpha value is -3.30. The van der Waals surface area contributed by atoms with Gasteiger partial charge in [0.15, 0.2) is 0 Å². The van der Waals surface area contributed by atoms with Crippen LogP contribution < -0.4 is 9.64 Å². The van der Waals surface area contributed by atoms with Gasteiger partial charge in [0.05, 0.1) is 12.8 Å². The maximum absolute atomic E-state index is 13.4. The fraction of sp³-hybridized carbons (Fsp3) is 0.0800. The summed E-state index contributed by atoms with van der Waals surface area (Å²) in [7, 11) is 1.63. The Balaban J connectivity index is 1.80. The molecule has 3 aromatic carbocycles. The Bertz CT molecular complexity index is 1110. The number of hydrogen-bond acceptors (Lipinski definition) is 2. The van der Waals surface area contributed by atoms with Crippen molar-refractivity contribution < 1.29 is 9.53 Å². The van der Waals surface area contributed by atoms with E-state index in [9.17, 15) is 4.79 Å². The highest BCUT2D eigenvalue weighted by Gasteiger charge is 2.30. The molecule has 29 heavy (non-hydrogen) atoms. The monoisotopic (exact) mass is 401 g/mol. The first kappa shape index (κ1) is 19.0. The third-order valence-electron chi connectivity index (χ3n) is 4.82. The molecule has 1 amide bonds. The smallest absolute Gasteiger partial charge is 0.262 e. The highest BCUT2D eigenvalue weighted by molar-refractivity contribution is 6.30. The molecule has 1 aliphatic heterocycles. The third-order valence-corrected chi connectivity index (χ3v) is 5.07. The second-order valence-corrected chi connectivity index (χ2v) is 7.33. The first-order valence-electron chi connectivity index (χ1n) is 9.30. The number of anilines is 1. The van der Waals surface area contributed by atoms with Crippen molar-refractivity contribution in [3.8, 4) is 5.75 Å². The Morgan fingerprint density at radius 3 is 2.34 bits per heavy atom. The van der Waals surface area contributed by atoms with Crippen molar-refractivity contribution in [2.24, 2.45) is 0 Å². The summed E-state index contributed by atoms with van der Waals surface area (Å²) < 4.78 is 5.21. The zero-order valence-electron chi connectivity index (χ0n) is 16.2. The summed E-state index contributed by atoms with van der Waals surface area (Å²) in [5.41, 5.74) is 5.26. The molecule has 0 saturated heterocycles. The molecule has 0 fully saturated rings. The van der Waals surface area contributed by atoms with E-state index in [0.29, 0.717) is 10.6 Å². The van der Waals surface area contributed by atoms with E-state index >= 15 is 0 Å². The molecule has 4 heteroatoms. The Kier molecular flexibility index (Phi) is 5.24. The van der Waals surface area contributed by atoms with Gasteiger partial charge in [-0.3, -0.25) is 9.69 Å². The number of nitrogens with zero attached hydrogens (tertiary/aromatic N) is 1. The molecule has 0 atom stereocenters. The molecular weight excluding hydrogens is 382 g/mol. The zero-order chi connectivity index (χ0) is 20.4. The van der Waals surface area contributed by atoms with Crippen LogP contribution in [0.2, 0.25) is 5.02 Å². The summed E-state index contributed by atoms with van der Waals surface area (Å²) in [5.74, 6) is 0.722. The van der Waals surface area contributed by atoms with Gasteiger partial charge < -0.3 is 4.74 Å². The highest BCUT2D eigenvalue weighted by Crippen LogP contribution is 2.36. The second-order valence-electron chi connectivity index (χ2n) is 6.89. The van der Waals surface area contributed by atoms with Crippen LogP contribution in [0, 0.1) is 6.92 Å². The predicted octanol–water partition coefficient (Wildman–Crippen LogP) is 6.13. The summed E-state index contributed by atoms with van der Waals surface area (Å²) in [5, 5.41) is 0.662. The molecule has 0 radical (unpaired) electrons. The first-order valence-corrected chi connectivity index (χ1v) is 9.67. The zero-order valence-corrected chi connectivity index (χ0v) is 17.0. The summed E-state index contributed by atoms with van der Waals surface area (Å²) in [6.07, 6.45) is 3.83. The highest BCUT2D eigenvalue weighted by atomic mass is 35.5. The van der Waals surface area contributed by atoms with Gasteiger partial charge in [-0.05, 0) is 72.2 Å². The predicted molar refractivity (Wildman–Crippen MR) is 119 cm³/mol. The molecular formula is C25H20ClNO2. The minimum absolute atomic E-state index is 0.0589. The molecule has 3 aromatic rings. The molecule has 144 valence electrons. The number of halogens is 1. The number of benzene rings is 3. The molecule has 0 N–H and O–H groups in total. The minimum Gasteiger partial charge on any atom is -0.497 e. The van der Waals surface area contributed by atoms with Crippen LogP contribution in [-0.4, -0.2) is 13.0 Å². The van der Waals surface area contributed by atoms with Crippen LogP contribution in [0.5, 0.6) is 5.75 Å². The summed E-state index contributed by atoms with van der Waals surface area (Å²) >= 11 is 6.06. The number of rotatable bonds is 4. The number of carbonyl (C=O) groups is 1. The topological polar surface area (TPSA) is 29.5 Å². The average molecular weight is 402 g/mol. The molecule has 0 aromatic heterocycles. The molecule has 4 rings (SSSR count). The first-order chi connectivity index (χ1) is 14.0. The molecule has 0 bridgehead atoms. The van der Waals surface area contributed by atoms with E-state index in [-0.39, 0.29) is 5.91 Å². The Morgan fingerprint density at radius 1 is 0.966 bits per heavy atom. The van der Waals surface area contributed by atoms with Gasteiger partial charge >= 0.3 is 0 Å². The van der Waals surface area contributed by atoms with Gasteiger partial charge in [-0.1, -0.05) is 48.0 Å². The lowest BCUT2D eigenvalue weighted by atomic mass is 10.1. The van der Waals surface area contributed by atoms with Crippen molar-refractivity contribution in [3.05, 3.63) is 106 Å². The largest absolute Gasteiger partial charge is 0.497 e. The van der Waals surface area contributed by atoms with Gasteiger partial charge in [0, 0.05) is 16.3 Å². The van der Waals surface area contributed by atoms with Gasteiger partial charge in [-0.15, -0.1) is 0 Å². The van der Waals surface area contributed by atoms with Crippen molar-refractivity contribution in [3.63, 3.8) is 0 Å². The van der Waals surface area contributed by atoms with Crippen LogP contribution in [0.3, 0.4) is 0 Å². The molecule has 1 aliphatic rings. The van der Waals surface area contributed by atoms with Gasteiger partial charge in [-0.2, -0.15) is 0 Å². The lowest BCUT2D eigenvalue weighted by Crippen LogP contribution is -2.25. The minimum atomic E-state index is -0.0589. The van der Waals surface area contributed by atoms with E-state index in [1.54, 1.807) is 12.0 Å². The van der Waals surface area contributed by atoms with Crippen molar-refractivity contribution >= 4 is 35.0 Å². The SMILES string of the molecule is COc1ccc(/C=C2/C=C(c3ccc(Cl)cc3)N(c3cccc(C)c3)C2=O)cc1. The second kappa shape index (κ2) is 7.98. The van der Waals surface area contributed by atoms with E-state index < -0.39 is 0 Å².